The van der Waals surface area contributed by atoms with Gasteiger partial charge in [-0.3, -0.25) is 24.0 Å². The minimum atomic E-state index is -3.18. The molecule has 5 amide bonds. The highest BCUT2D eigenvalue weighted by atomic mass is 19.3. The molecule has 0 spiro atoms. The molecule has 3 atom stereocenters. The molecule has 3 aromatic rings. The number of ether oxygens (including phenoxy) is 4. The lowest BCUT2D eigenvalue weighted by atomic mass is 9.99. The van der Waals surface area contributed by atoms with E-state index >= 15 is 0 Å². The highest BCUT2D eigenvalue weighted by Gasteiger charge is 2.50. The Labute approximate surface area is 374 Å². The van der Waals surface area contributed by atoms with Crippen molar-refractivity contribution in [2.24, 2.45) is 5.92 Å². The van der Waals surface area contributed by atoms with Gasteiger partial charge in [-0.05, 0) is 47.2 Å². The van der Waals surface area contributed by atoms with Crippen LogP contribution in [0.5, 0.6) is 5.75 Å². The van der Waals surface area contributed by atoms with E-state index in [1.54, 1.807) is 46.1 Å². The number of nitriles is 1. The van der Waals surface area contributed by atoms with Gasteiger partial charge in [0.1, 0.15) is 23.5 Å². The predicted molar refractivity (Wildman–Crippen MR) is 224 cm³/mol. The van der Waals surface area contributed by atoms with Gasteiger partial charge < -0.3 is 49.8 Å². The molecule has 21 heteroatoms. The van der Waals surface area contributed by atoms with Gasteiger partial charge in [-0.2, -0.15) is 5.26 Å². The van der Waals surface area contributed by atoms with Crippen LogP contribution >= 0.6 is 0 Å². The lowest BCUT2D eigenvalue weighted by Crippen LogP contribution is -2.46. The molecule has 350 valence electrons. The Balaban J connectivity index is 0.775. The maximum atomic E-state index is 13.9. The predicted octanol–water partition coefficient (Wildman–Crippen LogP) is 1.35. The summed E-state index contributed by atoms with van der Waals surface area (Å²) < 4.78 is 51.4. The molecule has 0 radical (unpaired) electrons. The van der Waals surface area contributed by atoms with E-state index < -0.39 is 48.7 Å². The lowest BCUT2D eigenvalue weighted by molar-refractivity contribution is -0.135. The van der Waals surface area contributed by atoms with Gasteiger partial charge in [0, 0.05) is 51.2 Å². The molecule has 0 saturated carbocycles. The molecule has 4 heterocycles. The fourth-order valence-electron chi connectivity index (χ4n) is 7.75. The molecule has 3 aliphatic rings. The SMILES string of the molecule is N#C[C@@H]1CC(F)(F)CN1C(=O)[C@@H]1C[C@@H](CC(=O)N2Cc3cccc(Cn4cc(CNC(=O)CCOCCOCCOCCOCCNC(=O)CCc5ccc(O)cc5)nn4)c3C2)C(=O)N1. The van der Waals surface area contributed by atoms with Crippen LogP contribution in [0, 0.1) is 17.2 Å². The first-order chi connectivity index (χ1) is 31.4. The first-order valence-electron chi connectivity index (χ1n) is 21.6. The summed E-state index contributed by atoms with van der Waals surface area (Å²) in [5.74, 6) is -5.59. The molecule has 2 aromatic carbocycles. The van der Waals surface area contributed by atoms with Gasteiger partial charge in [-0.15, -0.1) is 5.10 Å². The number of rotatable bonds is 25. The first kappa shape index (κ1) is 48.4. The number of nitrogens with zero attached hydrogens (tertiary/aromatic N) is 6. The zero-order valence-corrected chi connectivity index (χ0v) is 36.1. The topological polar surface area (TPSA) is 240 Å². The lowest BCUT2D eigenvalue weighted by Gasteiger charge is -2.22. The number of phenolic OH excluding ortho intramolecular Hbond substituents is 1. The van der Waals surface area contributed by atoms with Gasteiger partial charge in [0.25, 0.3) is 5.92 Å². The molecule has 1 aromatic heterocycles. The average Bonchev–Trinajstić information content (AvgIpc) is 4.09. The second kappa shape index (κ2) is 23.7. The van der Waals surface area contributed by atoms with Crippen LogP contribution in [0.15, 0.2) is 48.7 Å². The van der Waals surface area contributed by atoms with Crippen molar-refractivity contribution in [1.29, 1.82) is 5.26 Å². The minimum absolute atomic E-state index is 0.0238. The van der Waals surface area contributed by atoms with Crippen LogP contribution in [0.4, 0.5) is 8.78 Å². The summed E-state index contributed by atoms with van der Waals surface area (Å²) in [5.41, 5.74) is 4.35. The molecule has 3 aliphatic heterocycles. The number of aryl methyl sites for hydroxylation is 1. The van der Waals surface area contributed by atoms with E-state index in [1.807, 2.05) is 18.2 Å². The normalized spacial score (nSPS) is 18.6. The van der Waals surface area contributed by atoms with Crippen LogP contribution in [-0.2, 0) is 75.5 Å². The minimum Gasteiger partial charge on any atom is -0.508 e. The van der Waals surface area contributed by atoms with E-state index in [2.05, 4.69) is 26.3 Å². The summed E-state index contributed by atoms with van der Waals surface area (Å²) in [5, 5.41) is 35.1. The number of alkyl halides is 2. The number of carbonyl (C=O) groups is 5. The number of likely N-dealkylation sites (tertiary alicyclic amines) is 1. The number of aromatic hydroxyl groups is 1. The first-order valence-corrected chi connectivity index (χ1v) is 21.6. The van der Waals surface area contributed by atoms with Gasteiger partial charge in [-0.1, -0.05) is 35.5 Å². The maximum Gasteiger partial charge on any atom is 0.268 e. The molecular formula is C44H55F2N9O10. The van der Waals surface area contributed by atoms with E-state index in [9.17, 15) is 43.1 Å². The van der Waals surface area contributed by atoms with Crippen LogP contribution in [-0.4, -0.2) is 143 Å². The highest BCUT2D eigenvalue weighted by molar-refractivity contribution is 5.94. The number of aromatic nitrogens is 3. The number of halogens is 2. The molecule has 2 fully saturated rings. The Morgan fingerprint density at radius 1 is 0.908 bits per heavy atom. The van der Waals surface area contributed by atoms with Crippen LogP contribution in [0.2, 0.25) is 0 Å². The highest BCUT2D eigenvalue weighted by Crippen LogP contribution is 2.34. The number of hydrogen-bond donors (Lipinski definition) is 4. The molecule has 4 N–H and O–H groups in total. The molecule has 19 nitrogen and oxygen atoms in total. The molecular weight excluding hydrogens is 853 g/mol. The number of hydrogen-bond acceptors (Lipinski definition) is 13. The summed E-state index contributed by atoms with van der Waals surface area (Å²) in [7, 11) is 0. The summed E-state index contributed by atoms with van der Waals surface area (Å²) in [6.07, 6.45) is 1.90. The number of benzene rings is 2. The Kier molecular flexibility index (Phi) is 17.7. The van der Waals surface area contributed by atoms with Gasteiger partial charge >= 0.3 is 0 Å². The molecule has 65 heavy (non-hydrogen) atoms. The second-order valence-electron chi connectivity index (χ2n) is 16.1. The summed E-state index contributed by atoms with van der Waals surface area (Å²) in [6.45, 7) is 3.50. The molecule has 0 aliphatic carbocycles. The van der Waals surface area contributed by atoms with Gasteiger partial charge in [0.05, 0.1) is 84.8 Å². The number of nitrogens with one attached hydrogen (secondary N) is 3. The Hall–Kier alpha value is -6.08. The van der Waals surface area contributed by atoms with E-state index in [0.29, 0.717) is 91.0 Å². The monoisotopic (exact) mass is 907 g/mol. The largest absolute Gasteiger partial charge is 0.508 e. The fourth-order valence-corrected chi connectivity index (χ4v) is 7.75. The van der Waals surface area contributed by atoms with Crippen LogP contribution in [0.1, 0.15) is 60.1 Å². The maximum absolute atomic E-state index is 13.9. The summed E-state index contributed by atoms with van der Waals surface area (Å²) >= 11 is 0. The van der Waals surface area contributed by atoms with E-state index in [0.717, 1.165) is 27.2 Å². The third-order valence-corrected chi connectivity index (χ3v) is 11.2. The van der Waals surface area contributed by atoms with Crippen molar-refractivity contribution in [2.45, 2.75) is 82.7 Å². The van der Waals surface area contributed by atoms with E-state index in [-0.39, 0.29) is 55.9 Å². The quantitative estimate of drug-likeness (QED) is 0.0880. The van der Waals surface area contributed by atoms with Crippen molar-refractivity contribution in [3.8, 4) is 11.8 Å². The van der Waals surface area contributed by atoms with Crippen LogP contribution < -0.4 is 16.0 Å². The van der Waals surface area contributed by atoms with Gasteiger partial charge in [0.15, 0.2) is 0 Å². The zero-order valence-electron chi connectivity index (χ0n) is 36.1. The molecule has 0 bridgehead atoms. The third-order valence-electron chi connectivity index (χ3n) is 11.2. The van der Waals surface area contributed by atoms with E-state index in [1.165, 1.54) is 0 Å². The van der Waals surface area contributed by atoms with Crippen molar-refractivity contribution in [2.75, 3.05) is 65.9 Å². The van der Waals surface area contributed by atoms with Gasteiger partial charge in [0.2, 0.25) is 29.5 Å². The summed E-state index contributed by atoms with van der Waals surface area (Å²) in [4.78, 5) is 65.9. The van der Waals surface area contributed by atoms with Crippen molar-refractivity contribution in [1.82, 2.24) is 40.7 Å². The molecule has 0 unspecified atom stereocenters. The van der Waals surface area contributed by atoms with Crippen molar-refractivity contribution < 1.29 is 56.8 Å². The van der Waals surface area contributed by atoms with Crippen molar-refractivity contribution in [3.63, 3.8) is 0 Å². The third kappa shape index (κ3) is 14.7. The Bertz CT molecular complexity index is 2150. The zero-order chi connectivity index (χ0) is 46.2. The van der Waals surface area contributed by atoms with Gasteiger partial charge in [-0.25, -0.2) is 13.5 Å². The second-order valence-corrected chi connectivity index (χ2v) is 16.1. The summed E-state index contributed by atoms with van der Waals surface area (Å²) in [6, 6.07) is 11.9. The molecule has 6 rings (SSSR count). The Morgan fingerprint density at radius 3 is 2.32 bits per heavy atom. The van der Waals surface area contributed by atoms with Crippen molar-refractivity contribution in [3.05, 3.63) is 76.6 Å². The smallest absolute Gasteiger partial charge is 0.268 e. The Morgan fingerprint density at radius 2 is 1.60 bits per heavy atom. The standard InChI is InChI=1S/C44H55F2N9O10/c45-44(46)22-35(23-47)55(29-44)43(61)38-20-33(42(60)50-38)21-41(59)53-25-31-2-1-3-32(37(31)28-53)26-54-27-34(51-52-54)24-49-40(58)10-12-62-14-16-64-18-19-65-17-15-63-13-11-48-39(57)9-6-30-4-7-36(56)8-5-30/h1-5,7-8,27,33,35,38,56H,6,9-22,24-26,28-29H2,(H,48,57)(H,49,58)(H,50,60)/t33-,35-,38-/m0/s1. The fraction of sp³-hybridized carbons (Fsp3) is 0.545. The number of carbonyl (C=O) groups excluding carboxylic acids is 5. The van der Waals surface area contributed by atoms with Crippen molar-refractivity contribution >= 4 is 29.5 Å². The van der Waals surface area contributed by atoms with E-state index in [4.69, 9.17) is 18.9 Å². The number of fused-ring (bicyclic) bond motifs is 1. The van der Waals surface area contributed by atoms with Crippen LogP contribution in [0.3, 0.4) is 0 Å². The average molecular weight is 908 g/mol. The molecule has 2 saturated heterocycles. The number of amides is 5. The van der Waals surface area contributed by atoms with Crippen LogP contribution in [0.25, 0.3) is 0 Å². The number of phenols is 1.